The van der Waals surface area contributed by atoms with Crippen molar-refractivity contribution in [1.29, 1.82) is 5.26 Å². The Morgan fingerprint density at radius 2 is 2.13 bits per heavy atom. The monoisotopic (exact) mass is 425 g/mol. The number of likely N-dealkylation sites (tertiary alicyclic amines) is 1. The minimum Gasteiger partial charge on any atom is -0.486 e. The Kier molecular flexibility index (Phi) is 7.73. The molecule has 1 fully saturated rings. The number of carbonyl (C=O) groups excluding carboxylic acids is 1. The predicted molar refractivity (Wildman–Crippen MR) is 113 cm³/mol. The molecule has 0 radical (unpaired) electrons. The number of aromatic amines is 1. The second kappa shape index (κ2) is 10.7. The first-order chi connectivity index (χ1) is 15.0. The number of amides is 1. The summed E-state index contributed by atoms with van der Waals surface area (Å²) in [4.78, 5) is 30.3. The van der Waals surface area contributed by atoms with Gasteiger partial charge < -0.3 is 14.4 Å². The minimum absolute atomic E-state index is 0.0782. The van der Waals surface area contributed by atoms with E-state index in [2.05, 4.69) is 21.3 Å². The highest BCUT2D eigenvalue weighted by atomic mass is 16.5. The zero-order chi connectivity index (χ0) is 22.2. The number of carbonyl (C=O) groups is 1. The summed E-state index contributed by atoms with van der Waals surface area (Å²) in [5.74, 6) is 0.819. The summed E-state index contributed by atoms with van der Waals surface area (Å²) in [6.07, 6.45) is 4.84. The van der Waals surface area contributed by atoms with Crippen molar-refractivity contribution in [3.05, 3.63) is 51.7 Å². The fourth-order valence-corrected chi connectivity index (χ4v) is 3.52. The number of aromatic nitrogens is 3. The predicted octanol–water partition coefficient (Wildman–Crippen LogP) is 1.93. The van der Waals surface area contributed by atoms with E-state index in [9.17, 15) is 9.59 Å². The fourth-order valence-electron chi connectivity index (χ4n) is 3.52. The van der Waals surface area contributed by atoms with E-state index < -0.39 is 0 Å². The molecule has 0 bridgehead atoms. The van der Waals surface area contributed by atoms with Crippen LogP contribution in [0.15, 0.2) is 29.3 Å². The van der Waals surface area contributed by atoms with Crippen LogP contribution in [0.3, 0.4) is 0 Å². The van der Waals surface area contributed by atoms with Crippen LogP contribution in [0.25, 0.3) is 0 Å². The molecular formula is C22H27N5O4. The number of nitrogens with one attached hydrogen (secondary N) is 1. The number of ether oxygens (including phenoxy) is 2. The average molecular weight is 425 g/mol. The fraction of sp³-hybridized carbons (Fsp3) is 0.500. The van der Waals surface area contributed by atoms with Crippen LogP contribution in [0.5, 0.6) is 5.75 Å². The topological polar surface area (TPSA) is 121 Å². The molecule has 9 nitrogen and oxygen atoms in total. The van der Waals surface area contributed by atoms with E-state index in [0.717, 1.165) is 18.5 Å². The molecule has 9 heteroatoms. The molecule has 164 valence electrons. The van der Waals surface area contributed by atoms with E-state index in [0.29, 0.717) is 55.5 Å². The molecule has 2 aromatic heterocycles. The third-order valence-corrected chi connectivity index (χ3v) is 5.38. The summed E-state index contributed by atoms with van der Waals surface area (Å²) < 4.78 is 11.3. The Labute approximate surface area is 181 Å². The van der Waals surface area contributed by atoms with Crippen molar-refractivity contribution >= 4 is 5.91 Å². The summed E-state index contributed by atoms with van der Waals surface area (Å²) in [5.41, 5.74) is 1.72. The van der Waals surface area contributed by atoms with Crippen LogP contribution in [0, 0.1) is 18.3 Å². The van der Waals surface area contributed by atoms with E-state index >= 15 is 0 Å². The molecule has 0 aromatic carbocycles. The van der Waals surface area contributed by atoms with E-state index in [1.165, 1.54) is 6.20 Å². The zero-order valence-corrected chi connectivity index (χ0v) is 17.8. The molecule has 1 atom stereocenters. The first kappa shape index (κ1) is 22.4. The van der Waals surface area contributed by atoms with Gasteiger partial charge in [0.05, 0.1) is 37.0 Å². The van der Waals surface area contributed by atoms with Crippen molar-refractivity contribution in [2.75, 3.05) is 26.3 Å². The van der Waals surface area contributed by atoms with Gasteiger partial charge in [-0.3, -0.25) is 14.6 Å². The lowest BCUT2D eigenvalue weighted by Gasteiger charge is -2.31. The van der Waals surface area contributed by atoms with Gasteiger partial charge in [-0.1, -0.05) is 0 Å². The highest BCUT2D eigenvalue weighted by Gasteiger charge is 2.24. The van der Waals surface area contributed by atoms with E-state index in [4.69, 9.17) is 14.7 Å². The van der Waals surface area contributed by atoms with Crippen LogP contribution >= 0.6 is 0 Å². The number of nitrogens with zero attached hydrogens (tertiary/aromatic N) is 4. The minimum atomic E-state index is -0.282. The lowest BCUT2D eigenvalue weighted by molar-refractivity contribution is -0.133. The van der Waals surface area contributed by atoms with Gasteiger partial charge >= 0.3 is 0 Å². The number of hydrogen-bond donors (Lipinski definition) is 1. The number of nitriles is 1. The number of pyridine rings is 1. The maximum absolute atomic E-state index is 12.5. The van der Waals surface area contributed by atoms with Crippen molar-refractivity contribution < 1.29 is 14.3 Å². The standard InChI is InChI=1S/C22H27N5O4/c1-15(31-20-13-25-26-22(29)16(20)2)14-30-10-7-21(28)27-8-5-18(6-9-27)19-4-3-17(11-23)12-24-19/h3-4,12-13,15,18H,5-10,14H2,1-2H3,(H,26,29)/t15-/m0/s1. The summed E-state index contributed by atoms with van der Waals surface area (Å²) in [6, 6.07) is 5.77. The molecule has 2 aromatic rings. The third kappa shape index (κ3) is 6.12. The van der Waals surface area contributed by atoms with Crippen molar-refractivity contribution in [2.45, 2.75) is 45.1 Å². The molecule has 1 saturated heterocycles. The van der Waals surface area contributed by atoms with Crippen LogP contribution in [0.4, 0.5) is 0 Å². The highest BCUT2D eigenvalue weighted by molar-refractivity contribution is 5.76. The Morgan fingerprint density at radius 3 is 2.81 bits per heavy atom. The quantitative estimate of drug-likeness (QED) is 0.641. The number of rotatable bonds is 8. The van der Waals surface area contributed by atoms with Crippen molar-refractivity contribution in [1.82, 2.24) is 20.1 Å². The van der Waals surface area contributed by atoms with E-state index in [-0.39, 0.29) is 17.6 Å². The molecule has 1 amide bonds. The molecule has 3 heterocycles. The largest absolute Gasteiger partial charge is 0.486 e. The van der Waals surface area contributed by atoms with Crippen LogP contribution in [0.1, 0.15) is 48.9 Å². The maximum Gasteiger partial charge on any atom is 0.270 e. The van der Waals surface area contributed by atoms with Gasteiger partial charge in [-0.2, -0.15) is 10.4 Å². The van der Waals surface area contributed by atoms with Gasteiger partial charge in [0.1, 0.15) is 17.9 Å². The Balaban J connectivity index is 1.35. The van der Waals surface area contributed by atoms with E-state index in [1.54, 1.807) is 19.2 Å². The summed E-state index contributed by atoms with van der Waals surface area (Å²) >= 11 is 0. The van der Waals surface area contributed by atoms with Crippen LogP contribution in [-0.4, -0.2) is 58.4 Å². The first-order valence-electron chi connectivity index (χ1n) is 10.4. The van der Waals surface area contributed by atoms with Crippen molar-refractivity contribution in [3.8, 4) is 11.8 Å². The molecule has 0 unspecified atom stereocenters. The smallest absolute Gasteiger partial charge is 0.270 e. The van der Waals surface area contributed by atoms with Gasteiger partial charge in [0.2, 0.25) is 5.91 Å². The molecule has 31 heavy (non-hydrogen) atoms. The highest BCUT2D eigenvalue weighted by Crippen LogP contribution is 2.27. The van der Waals surface area contributed by atoms with Crippen molar-refractivity contribution in [2.24, 2.45) is 0 Å². The molecule has 0 aliphatic carbocycles. The number of H-pyrrole nitrogens is 1. The van der Waals surface area contributed by atoms with Gasteiger partial charge in [0.15, 0.2) is 0 Å². The SMILES string of the molecule is Cc1c(O[C@@H](C)COCCC(=O)N2CCC(c3ccc(C#N)cn3)CC2)cn[nH]c1=O. The van der Waals surface area contributed by atoms with Crippen LogP contribution in [0.2, 0.25) is 0 Å². The van der Waals surface area contributed by atoms with Crippen LogP contribution < -0.4 is 10.3 Å². The summed E-state index contributed by atoms with van der Waals surface area (Å²) in [5, 5.41) is 15.0. The van der Waals surface area contributed by atoms with Gasteiger partial charge in [0.25, 0.3) is 5.56 Å². The molecular weight excluding hydrogens is 398 g/mol. The van der Waals surface area contributed by atoms with E-state index in [1.807, 2.05) is 17.9 Å². The molecule has 0 spiro atoms. The van der Waals surface area contributed by atoms with Gasteiger partial charge in [0, 0.05) is 30.9 Å². The normalized spacial score (nSPS) is 15.3. The average Bonchev–Trinajstić information content (AvgIpc) is 2.80. The molecule has 0 saturated carbocycles. The summed E-state index contributed by atoms with van der Waals surface area (Å²) in [6.45, 7) is 5.52. The second-order valence-corrected chi connectivity index (χ2v) is 7.68. The second-order valence-electron chi connectivity index (χ2n) is 7.68. The summed E-state index contributed by atoms with van der Waals surface area (Å²) in [7, 11) is 0. The maximum atomic E-state index is 12.5. The van der Waals surface area contributed by atoms with Gasteiger partial charge in [-0.05, 0) is 38.8 Å². The zero-order valence-electron chi connectivity index (χ0n) is 17.8. The van der Waals surface area contributed by atoms with Gasteiger partial charge in [-0.25, -0.2) is 5.10 Å². The van der Waals surface area contributed by atoms with Crippen LogP contribution in [-0.2, 0) is 9.53 Å². The Bertz CT molecular complexity index is 975. The van der Waals surface area contributed by atoms with Gasteiger partial charge in [-0.15, -0.1) is 0 Å². The molecule has 1 aliphatic heterocycles. The molecule has 3 rings (SSSR count). The van der Waals surface area contributed by atoms with Crippen molar-refractivity contribution in [3.63, 3.8) is 0 Å². The lowest BCUT2D eigenvalue weighted by Crippen LogP contribution is -2.38. The Hall–Kier alpha value is -3.25. The Morgan fingerprint density at radius 1 is 1.35 bits per heavy atom. The lowest BCUT2D eigenvalue weighted by atomic mass is 9.92. The molecule has 1 aliphatic rings. The first-order valence-corrected chi connectivity index (χ1v) is 10.4. The number of piperidine rings is 1. The number of hydrogen-bond acceptors (Lipinski definition) is 7. The molecule has 1 N–H and O–H groups in total. The third-order valence-electron chi connectivity index (χ3n) is 5.38.